The Bertz CT molecular complexity index is 828. The SMILES string of the molecule is COc1ccccc1[C@@H](CNS(=O)(=O)c1cnn(C)c1)N1CCCCC1. The van der Waals surface area contributed by atoms with Gasteiger partial charge in [-0.15, -0.1) is 0 Å². The molecule has 1 aromatic heterocycles. The van der Waals surface area contributed by atoms with Gasteiger partial charge in [-0.1, -0.05) is 24.6 Å². The van der Waals surface area contributed by atoms with Gasteiger partial charge in [0, 0.05) is 25.4 Å². The van der Waals surface area contributed by atoms with Crippen molar-refractivity contribution in [3.63, 3.8) is 0 Å². The number of ether oxygens (including phenoxy) is 1. The molecule has 0 saturated carbocycles. The van der Waals surface area contributed by atoms with E-state index in [1.807, 2.05) is 24.3 Å². The average Bonchev–Trinajstić information content (AvgIpc) is 3.10. The quantitative estimate of drug-likeness (QED) is 0.797. The molecular weight excluding hydrogens is 352 g/mol. The number of aryl methyl sites for hydroxylation is 1. The molecule has 3 rings (SSSR count). The molecule has 0 unspecified atom stereocenters. The average molecular weight is 378 g/mol. The number of piperidine rings is 1. The molecule has 1 N–H and O–H groups in total. The van der Waals surface area contributed by atoms with Gasteiger partial charge in [0.15, 0.2) is 0 Å². The standard InChI is InChI=1S/C18H26N4O3S/c1-21-14-15(12-19-21)26(23,24)20-13-17(22-10-6-3-7-11-22)16-8-4-5-9-18(16)25-2/h4-5,8-9,12,14,17,20H,3,6-7,10-11,13H2,1-2H3/t17-/m1/s1. The fourth-order valence-electron chi connectivity index (χ4n) is 3.42. The number of sulfonamides is 1. The first kappa shape index (κ1) is 18.9. The van der Waals surface area contributed by atoms with Crippen LogP contribution in [0.15, 0.2) is 41.6 Å². The van der Waals surface area contributed by atoms with Gasteiger partial charge in [-0.2, -0.15) is 5.10 Å². The van der Waals surface area contributed by atoms with Crippen LogP contribution in [0.4, 0.5) is 0 Å². The predicted molar refractivity (Wildman–Crippen MR) is 99.6 cm³/mol. The maximum Gasteiger partial charge on any atom is 0.243 e. The number of nitrogens with one attached hydrogen (secondary N) is 1. The lowest BCUT2D eigenvalue weighted by atomic mass is 10.0. The highest BCUT2D eigenvalue weighted by molar-refractivity contribution is 7.89. The summed E-state index contributed by atoms with van der Waals surface area (Å²) in [4.78, 5) is 2.52. The lowest BCUT2D eigenvalue weighted by Gasteiger charge is -2.35. The Morgan fingerprint density at radius 1 is 1.23 bits per heavy atom. The van der Waals surface area contributed by atoms with Crippen LogP contribution in [0.1, 0.15) is 30.9 Å². The lowest BCUT2D eigenvalue weighted by Crippen LogP contribution is -2.40. The maximum absolute atomic E-state index is 12.6. The summed E-state index contributed by atoms with van der Waals surface area (Å²) in [5.41, 5.74) is 1.01. The number of hydrogen-bond acceptors (Lipinski definition) is 5. The van der Waals surface area contributed by atoms with Gasteiger partial charge in [-0.25, -0.2) is 13.1 Å². The summed E-state index contributed by atoms with van der Waals surface area (Å²) >= 11 is 0. The molecule has 1 atom stereocenters. The minimum Gasteiger partial charge on any atom is -0.496 e. The molecule has 142 valence electrons. The second kappa shape index (κ2) is 8.20. The molecule has 0 amide bonds. The molecule has 1 saturated heterocycles. The normalized spacial score (nSPS) is 17.2. The Hall–Kier alpha value is -1.90. The van der Waals surface area contributed by atoms with Gasteiger partial charge in [0.1, 0.15) is 10.6 Å². The molecule has 0 radical (unpaired) electrons. The second-order valence-electron chi connectivity index (χ2n) is 6.56. The highest BCUT2D eigenvalue weighted by Gasteiger charge is 2.27. The van der Waals surface area contributed by atoms with Gasteiger partial charge in [0.2, 0.25) is 10.0 Å². The number of methoxy groups -OCH3 is 1. The molecule has 2 heterocycles. The summed E-state index contributed by atoms with van der Waals surface area (Å²) in [5, 5.41) is 3.95. The number of nitrogens with zero attached hydrogens (tertiary/aromatic N) is 3. The monoisotopic (exact) mass is 378 g/mol. The Balaban J connectivity index is 1.84. The lowest BCUT2D eigenvalue weighted by molar-refractivity contribution is 0.162. The van der Waals surface area contributed by atoms with Crippen molar-refractivity contribution in [3.05, 3.63) is 42.2 Å². The third kappa shape index (κ3) is 4.25. The van der Waals surface area contributed by atoms with Gasteiger partial charge in [0.05, 0.1) is 19.3 Å². The molecule has 2 aromatic rings. The molecule has 8 heteroatoms. The van der Waals surface area contributed by atoms with E-state index in [1.54, 1.807) is 14.2 Å². The Labute approximate surface area is 155 Å². The first-order valence-electron chi connectivity index (χ1n) is 8.86. The fraction of sp³-hybridized carbons (Fsp3) is 0.500. The number of hydrogen-bond donors (Lipinski definition) is 1. The second-order valence-corrected chi connectivity index (χ2v) is 8.32. The molecule has 0 spiro atoms. The summed E-state index contributed by atoms with van der Waals surface area (Å²) in [5.74, 6) is 0.781. The molecule has 7 nitrogen and oxygen atoms in total. The Kier molecular flexibility index (Phi) is 5.95. The van der Waals surface area contributed by atoms with Crippen molar-refractivity contribution in [2.75, 3.05) is 26.7 Å². The first-order valence-corrected chi connectivity index (χ1v) is 10.3. The molecule has 1 fully saturated rings. The fourth-order valence-corrected chi connectivity index (χ4v) is 4.44. The first-order chi connectivity index (χ1) is 12.5. The van der Waals surface area contributed by atoms with Crippen LogP contribution in [0.5, 0.6) is 5.75 Å². The summed E-state index contributed by atoms with van der Waals surface area (Å²) < 4.78 is 35.0. The van der Waals surface area contributed by atoms with Gasteiger partial charge in [-0.05, 0) is 32.0 Å². The number of aromatic nitrogens is 2. The topological polar surface area (TPSA) is 76.5 Å². The van der Waals surface area contributed by atoms with E-state index in [0.717, 1.165) is 37.2 Å². The molecule has 1 aliphatic heterocycles. The summed E-state index contributed by atoms with van der Waals surface area (Å²) in [7, 11) is -0.258. The van der Waals surface area contributed by atoms with Crippen LogP contribution >= 0.6 is 0 Å². The Morgan fingerprint density at radius 3 is 2.62 bits per heavy atom. The van der Waals surface area contributed by atoms with Crippen molar-refractivity contribution in [1.82, 2.24) is 19.4 Å². The third-order valence-corrected chi connectivity index (χ3v) is 6.17. The van der Waals surface area contributed by atoms with Crippen LogP contribution in [-0.4, -0.2) is 49.8 Å². The minimum absolute atomic E-state index is 0.0714. The van der Waals surface area contributed by atoms with Gasteiger partial charge < -0.3 is 4.74 Å². The van der Waals surface area contributed by atoms with Crippen molar-refractivity contribution < 1.29 is 13.2 Å². The largest absolute Gasteiger partial charge is 0.496 e. The maximum atomic E-state index is 12.6. The highest BCUT2D eigenvalue weighted by Crippen LogP contribution is 2.31. The molecular formula is C18H26N4O3S. The van der Waals surface area contributed by atoms with E-state index in [0.29, 0.717) is 0 Å². The van der Waals surface area contributed by atoms with E-state index in [1.165, 1.54) is 23.5 Å². The zero-order chi connectivity index (χ0) is 18.6. The summed E-state index contributed by atoms with van der Waals surface area (Å²) in [6.07, 6.45) is 6.33. The number of rotatable bonds is 7. The number of para-hydroxylation sites is 1. The van der Waals surface area contributed by atoms with Crippen molar-refractivity contribution in [2.24, 2.45) is 7.05 Å². The predicted octanol–water partition coefficient (Wildman–Crippen LogP) is 1.93. The van der Waals surface area contributed by atoms with Gasteiger partial charge >= 0.3 is 0 Å². The van der Waals surface area contributed by atoms with Crippen LogP contribution < -0.4 is 9.46 Å². The van der Waals surface area contributed by atoms with Crippen LogP contribution in [0.3, 0.4) is 0 Å². The van der Waals surface area contributed by atoms with E-state index in [9.17, 15) is 8.42 Å². The number of benzene rings is 1. The summed E-state index contributed by atoms with van der Waals surface area (Å²) in [6.45, 7) is 2.20. The van der Waals surface area contributed by atoms with E-state index in [-0.39, 0.29) is 17.5 Å². The van der Waals surface area contributed by atoms with Crippen LogP contribution in [0, 0.1) is 0 Å². The molecule has 1 aliphatic rings. The van der Waals surface area contributed by atoms with Crippen LogP contribution in [-0.2, 0) is 17.1 Å². The minimum atomic E-state index is -3.60. The molecule has 0 aliphatic carbocycles. The van der Waals surface area contributed by atoms with Crippen LogP contribution in [0.25, 0.3) is 0 Å². The highest BCUT2D eigenvalue weighted by atomic mass is 32.2. The van der Waals surface area contributed by atoms with E-state index < -0.39 is 10.0 Å². The van der Waals surface area contributed by atoms with Crippen molar-refractivity contribution in [2.45, 2.75) is 30.2 Å². The number of likely N-dealkylation sites (tertiary alicyclic amines) is 1. The zero-order valence-electron chi connectivity index (χ0n) is 15.3. The van der Waals surface area contributed by atoms with Crippen molar-refractivity contribution in [3.8, 4) is 5.75 Å². The molecule has 1 aromatic carbocycles. The third-order valence-electron chi connectivity index (χ3n) is 4.79. The zero-order valence-corrected chi connectivity index (χ0v) is 16.1. The van der Waals surface area contributed by atoms with Gasteiger partial charge in [-0.3, -0.25) is 9.58 Å². The Morgan fingerprint density at radius 2 is 1.96 bits per heavy atom. The van der Waals surface area contributed by atoms with Crippen molar-refractivity contribution in [1.29, 1.82) is 0 Å². The van der Waals surface area contributed by atoms with Gasteiger partial charge in [0.25, 0.3) is 0 Å². The van der Waals surface area contributed by atoms with Crippen LogP contribution in [0.2, 0.25) is 0 Å². The molecule has 26 heavy (non-hydrogen) atoms. The van der Waals surface area contributed by atoms with E-state index in [2.05, 4.69) is 14.7 Å². The van der Waals surface area contributed by atoms with E-state index in [4.69, 9.17) is 4.74 Å². The van der Waals surface area contributed by atoms with Crippen molar-refractivity contribution >= 4 is 10.0 Å². The summed E-state index contributed by atoms with van der Waals surface area (Å²) in [6, 6.07) is 7.75. The van der Waals surface area contributed by atoms with E-state index >= 15 is 0 Å². The molecule has 0 bridgehead atoms. The smallest absolute Gasteiger partial charge is 0.243 e.